The molecular formula is C17H17ClN2O2S. The number of piperidine rings is 1. The molecule has 0 atom stereocenters. The van der Waals surface area contributed by atoms with Gasteiger partial charge >= 0.3 is 0 Å². The highest BCUT2D eigenvalue weighted by molar-refractivity contribution is 7.12. The van der Waals surface area contributed by atoms with Crippen molar-refractivity contribution < 1.29 is 9.59 Å². The van der Waals surface area contributed by atoms with E-state index in [0.29, 0.717) is 23.7 Å². The normalized spacial score (nSPS) is 15.4. The molecule has 6 heteroatoms. The van der Waals surface area contributed by atoms with Crippen LogP contribution in [0.4, 0.5) is 0 Å². The molecule has 0 radical (unpaired) electrons. The zero-order valence-electron chi connectivity index (χ0n) is 12.5. The van der Waals surface area contributed by atoms with Crippen LogP contribution in [-0.4, -0.2) is 35.8 Å². The maximum atomic E-state index is 12.3. The summed E-state index contributed by atoms with van der Waals surface area (Å²) in [5.74, 6) is -0.00724. The SMILES string of the molecule is O=C(NC1CCN(C(=O)c2cccs2)CC1)c1ccc(Cl)cc1. The quantitative estimate of drug-likeness (QED) is 0.923. The predicted octanol–water partition coefficient (Wildman–Crippen LogP) is 3.44. The number of hydrogen-bond acceptors (Lipinski definition) is 3. The van der Waals surface area contributed by atoms with E-state index in [1.165, 1.54) is 11.3 Å². The fourth-order valence-electron chi connectivity index (χ4n) is 2.65. The molecule has 1 saturated heterocycles. The summed E-state index contributed by atoms with van der Waals surface area (Å²) in [5.41, 5.74) is 0.603. The Morgan fingerprint density at radius 2 is 1.83 bits per heavy atom. The highest BCUT2D eigenvalue weighted by Gasteiger charge is 2.25. The third kappa shape index (κ3) is 3.92. The summed E-state index contributed by atoms with van der Waals surface area (Å²) in [4.78, 5) is 27.1. The number of benzene rings is 1. The highest BCUT2D eigenvalue weighted by Crippen LogP contribution is 2.17. The first-order valence-electron chi connectivity index (χ1n) is 7.52. The van der Waals surface area contributed by atoms with Crippen LogP contribution in [0, 0.1) is 0 Å². The molecule has 2 heterocycles. The molecule has 0 unspecified atom stereocenters. The number of hydrogen-bond donors (Lipinski definition) is 1. The van der Waals surface area contributed by atoms with Crippen molar-refractivity contribution in [1.29, 1.82) is 0 Å². The van der Waals surface area contributed by atoms with Crippen molar-refractivity contribution in [3.8, 4) is 0 Å². The largest absolute Gasteiger partial charge is 0.349 e. The van der Waals surface area contributed by atoms with Gasteiger partial charge in [0.25, 0.3) is 11.8 Å². The lowest BCUT2D eigenvalue weighted by molar-refractivity contribution is 0.0703. The van der Waals surface area contributed by atoms with E-state index >= 15 is 0 Å². The molecular weight excluding hydrogens is 332 g/mol. The molecule has 1 aromatic carbocycles. The van der Waals surface area contributed by atoms with Crippen molar-refractivity contribution in [2.45, 2.75) is 18.9 Å². The van der Waals surface area contributed by atoms with Crippen molar-refractivity contribution in [1.82, 2.24) is 10.2 Å². The Hall–Kier alpha value is -1.85. The molecule has 0 aliphatic carbocycles. The Bertz CT molecular complexity index is 677. The van der Waals surface area contributed by atoms with Gasteiger partial charge < -0.3 is 10.2 Å². The zero-order valence-corrected chi connectivity index (χ0v) is 14.1. The monoisotopic (exact) mass is 348 g/mol. The molecule has 3 rings (SSSR count). The number of carbonyl (C=O) groups excluding carboxylic acids is 2. The van der Waals surface area contributed by atoms with Gasteiger partial charge in [-0.3, -0.25) is 9.59 Å². The molecule has 120 valence electrons. The summed E-state index contributed by atoms with van der Waals surface area (Å²) in [6.45, 7) is 1.34. The average Bonchev–Trinajstić information content (AvgIpc) is 3.10. The van der Waals surface area contributed by atoms with Gasteiger partial charge in [-0.05, 0) is 48.6 Å². The van der Waals surface area contributed by atoms with Crippen molar-refractivity contribution in [2.75, 3.05) is 13.1 Å². The topological polar surface area (TPSA) is 49.4 Å². The second-order valence-corrected chi connectivity index (χ2v) is 6.91. The van der Waals surface area contributed by atoms with Gasteiger partial charge in [0.05, 0.1) is 4.88 Å². The minimum absolute atomic E-state index is 0.0856. The van der Waals surface area contributed by atoms with E-state index in [1.807, 2.05) is 22.4 Å². The fourth-order valence-corrected chi connectivity index (χ4v) is 3.47. The second-order valence-electron chi connectivity index (χ2n) is 5.52. The highest BCUT2D eigenvalue weighted by atomic mass is 35.5. The minimum atomic E-state index is -0.0929. The van der Waals surface area contributed by atoms with Gasteiger partial charge in [-0.25, -0.2) is 0 Å². The Morgan fingerprint density at radius 3 is 2.43 bits per heavy atom. The second kappa shape index (κ2) is 7.15. The molecule has 1 fully saturated rings. The third-order valence-electron chi connectivity index (χ3n) is 3.96. The van der Waals surface area contributed by atoms with E-state index in [9.17, 15) is 9.59 Å². The molecule has 23 heavy (non-hydrogen) atoms. The van der Waals surface area contributed by atoms with E-state index in [4.69, 9.17) is 11.6 Å². The van der Waals surface area contributed by atoms with Gasteiger partial charge in [0.15, 0.2) is 0 Å². The molecule has 1 aromatic heterocycles. The molecule has 0 saturated carbocycles. The summed E-state index contributed by atoms with van der Waals surface area (Å²) in [6, 6.07) is 10.7. The molecule has 1 aliphatic heterocycles. The Balaban J connectivity index is 1.52. The number of thiophene rings is 1. The van der Waals surface area contributed by atoms with Crippen LogP contribution in [-0.2, 0) is 0 Å². The summed E-state index contributed by atoms with van der Waals surface area (Å²) >= 11 is 7.29. The zero-order chi connectivity index (χ0) is 16.2. The summed E-state index contributed by atoms with van der Waals surface area (Å²) in [5, 5.41) is 5.55. The first-order valence-corrected chi connectivity index (χ1v) is 8.78. The van der Waals surface area contributed by atoms with Crippen molar-refractivity contribution in [3.05, 3.63) is 57.2 Å². The number of halogens is 1. The van der Waals surface area contributed by atoms with Crippen LogP contribution in [0.5, 0.6) is 0 Å². The molecule has 0 bridgehead atoms. The van der Waals surface area contributed by atoms with Crippen LogP contribution in [0.15, 0.2) is 41.8 Å². The van der Waals surface area contributed by atoms with Gasteiger partial charge in [-0.2, -0.15) is 0 Å². The van der Waals surface area contributed by atoms with Gasteiger partial charge in [0.1, 0.15) is 0 Å². The standard InChI is InChI=1S/C17H17ClN2O2S/c18-13-5-3-12(4-6-13)16(21)19-14-7-9-20(10-8-14)17(22)15-2-1-11-23-15/h1-6,11,14H,7-10H2,(H,19,21). The molecule has 2 amide bonds. The smallest absolute Gasteiger partial charge is 0.263 e. The van der Waals surface area contributed by atoms with Gasteiger partial charge in [-0.1, -0.05) is 17.7 Å². The van der Waals surface area contributed by atoms with E-state index in [-0.39, 0.29) is 17.9 Å². The summed E-state index contributed by atoms with van der Waals surface area (Å²) < 4.78 is 0. The number of likely N-dealkylation sites (tertiary alicyclic amines) is 1. The summed E-state index contributed by atoms with van der Waals surface area (Å²) in [6.07, 6.45) is 1.55. The molecule has 1 aliphatic rings. The maximum absolute atomic E-state index is 12.3. The number of amides is 2. The lowest BCUT2D eigenvalue weighted by Gasteiger charge is -2.32. The first kappa shape index (κ1) is 16.0. The third-order valence-corrected chi connectivity index (χ3v) is 5.07. The fraction of sp³-hybridized carbons (Fsp3) is 0.294. The summed E-state index contributed by atoms with van der Waals surface area (Å²) in [7, 11) is 0. The van der Waals surface area contributed by atoms with E-state index in [1.54, 1.807) is 24.3 Å². The van der Waals surface area contributed by atoms with Crippen molar-refractivity contribution >= 4 is 34.8 Å². The minimum Gasteiger partial charge on any atom is -0.349 e. The Kier molecular flexibility index (Phi) is 4.98. The van der Waals surface area contributed by atoms with Gasteiger partial charge in [-0.15, -0.1) is 11.3 Å². The van der Waals surface area contributed by atoms with Crippen LogP contribution in [0.3, 0.4) is 0 Å². The Labute approximate surface area is 144 Å². The van der Waals surface area contributed by atoms with Gasteiger partial charge in [0.2, 0.25) is 0 Å². The lowest BCUT2D eigenvalue weighted by atomic mass is 10.0. The number of carbonyl (C=O) groups is 2. The average molecular weight is 349 g/mol. The van der Waals surface area contributed by atoms with Crippen LogP contribution < -0.4 is 5.32 Å². The van der Waals surface area contributed by atoms with Crippen molar-refractivity contribution in [2.24, 2.45) is 0 Å². The van der Waals surface area contributed by atoms with Crippen LogP contribution in [0.25, 0.3) is 0 Å². The maximum Gasteiger partial charge on any atom is 0.263 e. The first-order chi connectivity index (χ1) is 11.1. The van der Waals surface area contributed by atoms with Crippen LogP contribution >= 0.6 is 22.9 Å². The lowest BCUT2D eigenvalue weighted by Crippen LogP contribution is -2.46. The van der Waals surface area contributed by atoms with Crippen LogP contribution in [0.1, 0.15) is 32.9 Å². The number of rotatable bonds is 3. The van der Waals surface area contributed by atoms with Gasteiger partial charge in [0, 0.05) is 29.7 Å². The predicted molar refractivity (Wildman–Crippen MR) is 92.2 cm³/mol. The Morgan fingerprint density at radius 1 is 1.13 bits per heavy atom. The van der Waals surface area contributed by atoms with E-state index in [0.717, 1.165) is 17.7 Å². The van der Waals surface area contributed by atoms with Crippen molar-refractivity contribution in [3.63, 3.8) is 0 Å². The van der Waals surface area contributed by atoms with E-state index in [2.05, 4.69) is 5.32 Å². The molecule has 0 spiro atoms. The molecule has 2 aromatic rings. The number of nitrogens with zero attached hydrogens (tertiary/aromatic N) is 1. The van der Waals surface area contributed by atoms with E-state index < -0.39 is 0 Å². The molecule has 4 nitrogen and oxygen atoms in total. The molecule has 1 N–H and O–H groups in total. The van der Waals surface area contributed by atoms with Crippen LogP contribution in [0.2, 0.25) is 5.02 Å². The number of nitrogens with one attached hydrogen (secondary N) is 1.